The average Bonchev–Trinajstić information content (AvgIpc) is 2.56. The molecule has 0 saturated heterocycles. The Morgan fingerprint density at radius 2 is 1.71 bits per heavy atom. The van der Waals surface area contributed by atoms with E-state index in [2.05, 4.69) is 34.0 Å². The smallest absolute Gasteiger partial charge is 0.134 e. The van der Waals surface area contributed by atoms with Crippen LogP contribution in [0.3, 0.4) is 0 Å². The van der Waals surface area contributed by atoms with Crippen LogP contribution in [-0.4, -0.2) is 29.6 Å². The van der Waals surface area contributed by atoms with Gasteiger partial charge in [-0.2, -0.15) is 0 Å². The van der Waals surface area contributed by atoms with Gasteiger partial charge in [0.05, 0.1) is 0 Å². The van der Waals surface area contributed by atoms with Crippen molar-refractivity contribution in [3.8, 4) is 0 Å². The minimum Gasteiger partial charge on any atom is -0.370 e. The predicted molar refractivity (Wildman–Crippen MR) is 98.2 cm³/mol. The first-order valence-electron chi connectivity index (χ1n) is 8.71. The Morgan fingerprint density at radius 3 is 2.33 bits per heavy atom. The van der Waals surface area contributed by atoms with Crippen LogP contribution in [0.5, 0.6) is 0 Å². The van der Waals surface area contributed by atoms with Crippen molar-refractivity contribution in [2.45, 2.75) is 40.0 Å². The number of benzene rings is 1. The van der Waals surface area contributed by atoms with E-state index in [1.54, 1.807) is 0 Å². The van der Waals surface area contributed by atoms with E-state index in [9.17, 15) is 4.39 Å². The minimum absolute atomic E-state index is 0.199. The molecule has 0 aliphatic carbocycles. The highest BCUT2D eigenvalue weighted by Gasteiger charge is 2.09. The molecule has 0 unspecified atom stereocenters. The topological polar surface area (TPSA) is 41.0 Å². The molecule has 1 aromatic heterocycles. The Morgan fingerprint density at radius 1 is 1.04 bits per heavy atom. The van der Waals surface area contributed by atoms with Crippen LogP contribution in [-0.2, 0) is 6.42 Å². The van der Waals surface area contributed by atoms with E-state index >= 15 is 0 Å². The fourth-order valence-electron chi connectivity index (χ4n) is 2.67. The highest BCUT2D eigenvalue weighted by molar-refractivity contribution is 5.49. The fraction of sp³-hybridized carbons (Fsp3) is 0.474. The number of rotatable bonds is 9. The average molecular weight is 330 g/mol. The third kappa shape index (κ3) is 5.48. The number of nitrogens with zero attached hydrogens (tertiary/aromatic N) is 3. The van der Waals surface area contributed by atoms with Gasteiger partial charge in [0.25, 0.3) is 0 Å². The molecule has 4 nitrogen and oxygen atoms in total. The molecule has 0 saturated carbocycles. The molecule has 1 aromatic carbocycles. The molecule has 0 atom stereocenters. The minimum atomic E-state index is -0.199. The highest BCUT2D eigenvalue weighted by Crippen LogP contribution is 2.17. The summed E-state index contributed by atoms with van der Waals surface area (Å²) in [5, 5.41) is 3.36. The summed E-state index contributed by atoms with van der Waals surface area (Å²) in [6.07, 6.45) is 3.01. The number of nitrogens with one attached hydrogen (secondary N) is 1. The zero-order valence-electron chi connectivity index (χ0n) is 14.8. The molecule has 0 aliphatic heterocycles. The first-order chi connectivity index (χ1) is 11.6. The van der Waals surface area contributed by atoms with Crippen LogP contribution in [0.25, 0.3) is 0 Å². The van der Waals surface area contributed by atoms with Crippen LogP contribution in [0, 0.1) is 12.7 Å². The molecule has 2 aromatic rings. The van der Waals surface area contributed by atoms with Crippen molar-refractivity contribution in [2.24, 2.45) is 0 Å². The molecule has 0 aliphatic rings. The SMILES string of the molecule is CCCN(CCC)c1cc(NCCc2ccc(F)cc2)nc(C)n1. The molecule has 0 amide bonds. The van der Waals surface area contributed by atoms with E-state index in [0.717, 1.165) is 61.9 Å². The zero-order chi connectivity index (χ0) is 17.4. The van der Waals surface area contributed by atoms with E-state index in [-0.39, 0.29) is 5.82 Å². The predicted octanol–water partition coefficient (Wildman–Crippen LogP) is 4.21. The van der Waals surface area contributed by atoms with E-state index < -0.39 is 0 Å². The number of halogens is 1. The second-order valence-electron chi connectivity index (χ2n) is 5.95. The van der Waals surface area contributed by atoms with Crippen LogP contribution < -0.4 is 10.2 Å². The van der Waals surface area contributed by atoms with Gasteiger partial charge >= 0.3 is 0 Å². The maximum absolute atomic E-state index is 12.9. The number of aromatic nitrogens is 2. The van der Waals surface area contributed by atoms with Crippen molar-refractivity contribution >= 4 is 11.6 Å². The molecule has 0 spiro atoms. The summed E-state index contributed by atoms with van der Waals surface area (Å²) in [6.45, 7) is 9.03. The monoisotopic (exact) mass is 330 g/mol. The van der Waals surface area contributed by atoms with Gasteiger partial charge in [-0.3, -0.25) is 0 Å². The second kappa shape index (κ2) is 9.21. The van der Waals surface area contributed by atoms with Gasteiger partial charge in [0, 0.05) is 25.7 Å². The van der Waals surface area contributed by atoms with Crippen LogP contribution >= 0.6 is 0 Å². The van der Waals surface area contributed by atoms with Crippen molar-refractivity contribution in [1.82, 2.24) is 9.97 Å². The van der Waals surface area contributed by atoms with Crippen molar-refractivity contribution < 1.29 is 4.39 Å². The lowest BCUT2D eigenvalue weighted by Crippen LogP contribution is -2.26. The Hall–Kier alpha value is -2.17. The number of anilines is 2. The van der Waals surface area contributed by atoms with Crippen molar-refractivity contribution in [3.63, 3.8) is 0 Å². The molecule has 0 fully saturated rings. The Kier molecular flexibility index (Phi) is 6.97. The van der Waals surface area contributed by atoms with E-state index in [1.807, 2.05) is 25.1 Å². The third-order valence-corrected chi connectivity index (χ3v) is 3.77. The summed E-state index contributed by atoms with van der Waals surface area (Å²) >= 11 is 0. The van der Waals surface area contributed by atoms with Crippen LogP contribution in [0.1, 0.15) is 38.1 Å². The molecule has 2 rings (SSSR count). The van der Waals surface area contributed by atoms with Gasteiger partial charge in [0.1, 0.15) is 23.3 Å². The number of hydrogen-bond acceptors (Lipinski definition) is 4. The van der Waals surface area contributed by atoms with Gasteiger partial charge in [0.2, 0.25) is 0 Å². The Bertz CT molecular complexity index is 622. The Labute approximate surface area is 144 Å². The fourth-order valence-corrected chi connectivity index (χ4v) is 2.67. The molecule has 0 radical (unpaired) electrons. The maximum Gasteiger partial charge on any atom is 0.134 e. The molecule has 1 N–H and O–H groups in total. The molecular formula is C19H27FN4. The lowest BCUT2D eigenvalue weighted by Gasteiger charge is -2.23. The summed E-state index contributed by atoms with van der Waals surface area (Å²) in [7, 11) is 0. The van der Waals surface area contributed by atoms with Gasteiger partial charge in [0.15, 0.2) is 0 Å². The molecule has 1 heterocycles. The number of aryl methyl sites for hydroxylation is 1. The number of hydrogen-bond donors (Lipinski definition) is 1. The summed E-state index contributed by atoms with van der Waals surface area (Å²) in [6, 6.07) is 8.64. The van der Waals surface area contributed by atoms with Gasteiger partial charge in [-0.25, -0.2) is 14.4 Å². The van der Waals surface area contributed by atoms with Gasteiger partial charge < -0.3 is 10.2 Å². The lowest BCUT2D eigenvalue weighted by atomic mass is 10.1. The van der Waals surface area contributed by atoms with Crippen LogP contribution in [0.15, 0.2) is 30.3 Å². The highest BCUT2D eigenvalue weighted by atomic mass is 19.1. The quantitative estimate of drug-likeness (QED) is 0.748. The van der Waals surface area contributed by atoms with Gasteiger partial charge in [-0.15, -0.1) is 0 Å². The van der Waals surface area contributed by atoms with E-state index in [4.69, 9.17) is 0 Å². The maximum atomic E-state index is 12.9. The molecule has 0 bridgehead atoms. The van der Waals surface area contributed by atoms with Crippen molar-refractivity contribution in [3.05, 3.63) is 47.5 Å². The van der Waals surface area contributed by atoms with Crippen LogP contribution in [0.4, 0.5) is 16.0 Å². The second-order valence-corrected chi connectivity index (χ2v) is 5.95. The molecular weight excluding hydrogens is 303 g/mol. The normalized spacial score (nSPS) is 10.7. The summed E-state index contributed by atoms with van der Waals surface area (Å²) in [5.41, 5.74) is 1.11. The first kappa shape index (κ1) is 18.2. The third-order valence-electron chi connectivity index (χ3n) is 3.77. The van der Waals surface area contributed by atoms with Gasteiger partial charge in [-0.05, 0) is 43.9 Å². The zero-order valence-corrected chi connectivity index (χ0v) is 14.8. The van der Waals surface area contributed by atoms with Crippen LogP contribution in [0.2, 0.25) is 0 Å². The summed E-state index contributed by atoms with van der Waals surface area (Å²) in [5.74, 6) is 2.40. The molecule has 5 heteroatoms. The van der Waals surface area contributed by atoms with Crippen molar-refractivity contribution in [2.75, 3.05) is 29.9 Å². The Balaban J connectivity index is 2.00. The summed E-state index contributed by atoms with van der Waals surface area (Å²) in [4.78, 5) is 11.4. The van der Waals surface area contributed by atoms with Crippen molar-refractivity contribution in [1.29, 1.82) is 0 Å². The van der Waals surface area contributed by atoms with E-state index in [1.165, 1.54) is 12.1 Å². The first-order valence-corrected chi connectivity index (χ1v) is 8.71. The van der Waals surface area contributed by atoms with Gasteiger partial charge in [-0.1, -0.05) is 26.0 Å². The van der Waals surface area contributed by atoms with E-state index in [0.29, 0.717) is 0 Å². The molecule has 130 valence electrons. The molecule has 24 heavy (non-hydrogen) atoms. The lowest BCUT2D eigenvalue weighted by molar-refractivity contribution is 0.627. The standard InChI is InChI=1S/C19H27FN4/c1-4-12-24(13-5-2)19-14-18(22-15(3)23-19)21-11-10-16-6-8-17(20)9-7-16/h6-9,14H,4-5,10-13H2,1-3H3,(H,21,22,23). The summed E-state index contributed by atoms with van der Waals surface area (Å²) < 4.78 is 12.9. The largest absolute Gasteiger partial charge is 0.370 e.